The number of likely N-dealkylation sites (N-methyl/N-ethyl adjacent to an activating group) is 1. The van der Waals surface area contributed by atoms with Crippen LogP contribution in [-0.4, -0.2) is 35.1 Å². The Labute approximate surface area is 114 Å². The van der Waals surface area contributed by atoms with Crippen molar-refractivity contribution in [3.8, 4) is 6.07 Å². The lowest BCUT2D eigenvalue weighted by Gasteiger charge is -2.49. The van der Waals surface area contributed by atoms with Crippen LogP contribution in [-0.2, 0) is 4.79 Å². The lowest BCUT2D eigenvalue weighted by atomic mass is 9.59. The molecule has 1 unspecified atom stereocenters. The molecule has 0 fully saturated rings. The summed E-state index contributed by atoms with van der Waals surface area (Å²) in [5, 5.41) is 19.5. The van der Waals surface area contributed by atoms with Gasteiger partial charge in [-0.1, -0.05) is 19.9 Å². The lowest BCUT2D eigenvalue weighted by molar-refractivity contribution is -0.138. The second kappa shape index (κ2) is 4.21. The number of carbonyl (C=O) groups is 1. The summed E-state index contributed by atoms with van der Waals surface area (Å²) in [4.78, 5) is 14.4. The van der Waals surface area contributed by atoms with E-state index in [-0.39, 0.29) is 11.5 Å². The first kappa shape index (κ1) is 13.8. The number of amides is 1. The summed E-state index contributed by atoms with van der Waals surface area (Å²) < 4.78 is 0. The second-order valence-corrected chi connectivity index (χ2v) is 6.00. The maximum absolute atomic E-state index is 12.6. The van der Waals surface area contributed by atoms with Crippen molar-refractivity contribution in [1.82, 2.24) is 4.90 Å². The van der Waals surface area contributed by atoms with Crippen LogP contribution in [0.25, 0.3) is 0 Å². The molecule has 0 radical (unpaired) electrons. The van der Waals surface area contributed by atoms with Crippen molar-refractivity contribution in [2.75, 3.05) is 13.1 Å². The monoisotopic (exact) mass is 260 g/mol. The number of nitriles is 1. The van der Waals surface area contributed by atoms with Crippen LogP contribution in [0.5, 0.6) is 0 Å². The molecule has 0 aromatic carbocycles. The van der Waals surface area contributed by atoms with Crippen molar-refractivity contribution >= 4 is 5.91 Å². The van der Waals surface area contributed by atoms with Gasteiger partial charge in [-0.25, -0.2) is 0 Å². The summed E-state index contributed by atoms with van der Waals surface area (Å²) in [6.45, 7) is 8.79. The molecular weight excluding hydrogens is 240 g/mol. The molecule has 0 spiro atoms. The Hall–Kier alpha value is -1.60. The largest absolute Gasteiger partial charge is 0.387 e. The van der Waals surface area contributed by atoms with Gasteiger partial charge in [0.25, 0.3) is 0 Å². The molecule has 1 aliphatic carbocycles. The first-order valence-corrected chi connectivity index (χ1v) is 6.60. The van der Waals surface area contributed by atoms with Crippen molar-refractivity contribution in [2.24, 2.45) is 10.8 Å². The van der Waals surface area contributed by atoms with Crippen molar-refractivity contribution in [3.63, 3.8) is 0 Å². The van der Waals surface area contributed by atoms with E-state index >= 15 is 0 Å². The highest BCUT2D eigenvalue weighted by Gasteiger charge is 2.52. The van der Waals surface area contributed by atoms with E-state index < -0.39 is 16.9 Å². The fraction of sp³-hybridized carbons (Fsp3) is 0.600. The Balaban J connectivity index is 2.65. The maximum Gasteiger partial charge on any atom is 0.236 e. The van der Waals surface area contributed by atoms with Crippen LogP contribution in [0.3, 0.4) is 0 Å². The normalized spacial score (nSPS) is 33.2. The Morgan fingerprint density at radius 2 is 2.16 bits per heavy atom. The number of aliphatic hydroxyl groups excluding tert-OH is 1. The summed E-state index contributed by atoms with van der Waals surface area (Å²) in [5.74, 6) is 0.0141. The molecule has 1 aliphatic heterocycles. The number of rotatable bonds is 1. The molecule has 2 aliphatic rings. The molecule has 102 valence electrons. The highest BCUT2D eigenvalue weighted by atomic mass is 16.3. The number of hydrogen-bond donors (Lipinski definition) is 1. The summed E-state index contributed by atoms with van der Waals surface area (Å²) in [6, 6.07) is 2.03. The summed E-state index contributed by atoms with van der Waals surface area (Å²) >= 11 is 0. The van der Waals surface area contributed by atoms with Crippen molar-refractivity contribution in [1.29, 1.82) is 5.26 Å². The van der Waals surface area contributed by atoms with E-state index in [1.165, 1.54) is 0 Å². The third kappa shape index (κ3) is 1.73. The average Bonchev–Trinajstić information content (AvgIpc) is 2.37. The number of fused-ring (bicyclic) bond motifs is 1. The Bertz CT molecular complexity index is 525. The summed E-state index contributed by atoms with van der Waals surface area (Å²) in [6.07, 6.45) is 2.82. The molecule has 0 saturated heterocycles. The van der Waals surface area contributed by atoms with Crippen molar-refractivity contribution < 1.29 is 9.90 Å². The summed E-state index contributed by atoms with van der Waals surface area (Å²) in [5.41, 5.74) is -0.191. The lowest BCUT2D eigenvalue weighted by Crippen LogP contribution is -2.53. The van der Waals surface area contributed by atoms with Crippen LogP contribution in [0.2, 0.25) is 0 Å². The van der Waals surface area contributed by atoms with Gasteiger partial charge in [-0.05, 0) is 25.5 Å². The molecule has 1 N–H and O–H groups in total. The van der Waals surface area contributed by atoms with Gasteiger partial charge in [-0.15, -0.1) is 0 Å². The smallest absolute Gasteiger partial charge is 0.236 e. The predicted molar refractivity (Wildman–Crippen MR) is 71.9 cm³/mol. The van der Waals surface area contributed by atoms with E-state index in [1.54, 1.807) is 11.0 Å². The van der Waals surface area contributed by atoms with Gasteiger partial charge in [0.1, 0.15) is 0 Å². The Morgan fingerprint density at radius 3 is 2.68 bits per heavy atom. The highest BCUT2D eigenvalue weighted by Crippen LogP contribution is 2.51. The molecule has 19 heavy (non-hydrogen) atoms. The Kier molecular flexibility index (Phi) is 3.06. The molecule has 0 aromatic heterocycles. The topological polar surface area (TPSA) is 64.3 Å². The quantitative estimate of drug-likeness (QED) is 0.729. The van der Waals surface area contributed by atoms with Crippen LogP contribution in [0.1, 0.15) is 27.7 Å². The standard InChI is InChI=1S/C15H20N2O2/c1-5-17-7-6-11-14(2,3)12(18)10(9-16)8-15(11,4)13(17)19/h6,8,12,18H,5,7H2,1-4H3/t12?,15-/m0/s1. The molecule has 4 heteroatoms. The number of hydrogen-bond acceptors (Lipinski definition) is 3. The first-order valence-electron chi connectivity index (χ1n) is 6.60. The SMILES string of the molecule is CCN1CC=C2C(C)(C)C(O)C(C#N)=C[C@]2(C)C1=O. The third-order valence-corrected chi connectivity index (χ3v) is 4.43. The number of nitrogens with zero attached hydrogens (tertiary/aromatic N) is 2. The predicted octanol–water partition coefficient (Wildman–Crippen LogP) is 1.63. The minimum atomic E-state index is -0.849. The Morgan fingerprint density at radius 1 is 1.53 bits per heavy atom. The van der Waals surface area contributed by atoms with Gasteiger partial charge in [-0.3, -0.25) is 4.79 Å². The van der Waals surface area contributed by atoms with Crippen molar-refractivity contribution in [2.45, 2.75) is 33.8 Å². The minimum absolute atomic E-state index is 0.0141. The van der Waals surface area contributed by atoms with Gasteiger partial charge in [0, 0.05) is 18.5 Å². The van der Waals surface area contributed by atoms with Crippen LogP contribution in [0.15, 0.2) is 23.3 Å². The average molecular weight is 260 g/mol. The molecule has 2 atom stereocenters. The van der Waals surface area contributed by atoms with Crippen molar-refractivity contribution in [3.05, 3.63) is 23.3 Å². The second-order valence-electron chi connectivity index (χ2n) is 6.00. The molecule has 0 aromatic rings. The van der Waals surface area contributed by atoms with Crippen LogP contribution in [0, 0.1) is 22.2 Å². The van der Waals surface area contributed by atoms with E-state index in [0.29, 0.717) is 13.1 Å². The van der Waals surface area contributed by atoms with Crippen LogP contribution in [0.4, 0.5) is 0 Å². The van der Waals surface area contributed by atoms with E-state index in [4.69, 9.17) is 0 Å². The molecular formula is C15H20N2O2. The number of aliphatic hydroxyl groups is 1. The fourth-order valence-corrected chi connectivity index (χ4v) is 3.30. The minimum Gasteiger partial charge on any atom is -0.387 e. The van der Waals surface area contributed by atoms with Crippen LogP contribution >= 0.6 is 0 Å². The molecule has 2 rings (SSSR count). The van der Waals surface area contributed by atoms with Gasteiger partial charge >= 0.3 is 0 Å². The molecule has 1 heterocycles. The zero-order chi connectivity index (χ0) is 14.4. The van der Waals surface area contributed by atoms with Gasteiger partial charge in [0.15, 0.2) is 0 Å². The highest BCUT2D eigenvalue weighted by molar-refractivity contribution is 5.90. The molecule has 0 saturated carbocycles. The first-order chi connectivity index (χ1) is 8.79. The van der Waals surface area contributed by atoms with E-state index in [2.05, 4.69) is 0 Å². The van der Waals surface area contributed by atoms with Crippen LogP contribution < -0.4 is 0 Å². The maximum atomic E-state index is 12.6. The van der Waals surface area contributed by atoms with Gasteiger partial charge < -0.3 is 10.0 Å². The van der Waals surface area contributed by atoms with Gasteiger partial charge in [-0.2, -0.15) is 5.26 Å². The van der Waals surface area contributed by atoms with Gasteiger partial charge in [0.05, 0.1) is 23.2 Å². The molecule has 1 amide bonds. The fourth-order valence-electron chi connectivity index (χ4n) is 3.30. The molecule has 4 nitrogen and oxygen atoms in total. The van der Waals surface area contributed by atoms with E-state index in [1.807, 2.05) is 39.8 Å². The third-order valence-electron chi connectivity index (χ3n) is 4.43. The van der Waals surface area contributed by atoms with E-state index in [0.717, 1.165) is 5.57 Å². The summed E-state index contributed by atoms with van der Waals surface area (Å²) in [7, 11) is 0. The number of carbonyl (C=O) groups excluding carboxylic acids is 1. The zero-order valence-electron chi connectivity index (χ0n) is 11.9. The zero-order valence-corrected chi connectivity index (χ0v) is 11.9. The molecule has 0 bridgehead atoms. The van der Waals surface area contributed by atoms with Gasteiger partial charge in [0.2, 0.25) is 5.91 Å². The van der Waals surface area contributed by atoms with E-state index in [9.17, 15) is 15.2 Å².